The fraction of sp³-hybridized carbons (Fsp3) is 0.688. The fourth-order valence-electron chi connectivity index (χ4n) is 3.35. The Morgan fingerprint density at radius 1 is 1.29 bits per heavy atom. The average molecular weight is 310 g/mol. The maximum absolute atomic E-state index is 11.2. The van der Waals surface area contributed by atoms with Gasteiger partial charge in [0, 0.05) is 24.0 Å². The minimum Gasteiger partial charge on any atom is -0.478 e. The van der Waals surface area contributed by atoms with Crippen LogP contribution in [0.4, 0.5) is 5.00 Å². The van der Waals surface area contributed by atoms with Gasteiger partial charge >= 0.3 is 5.97 Å². The summed E-state index contributed by atoms with van der Waals surface area (Å²) < 4.78 is 0. The van der Waals surface area contributed by atoms with Crippen molar-refractivity contribution in [3.63, 3.8) is 0 Å². The average Bonchev–Trinajstić information content (AvgIpc) is 2.82. The van der Waals surface area contributed by atoms with Crippen molar-refractivity contribution >= 4 is 22.3 Å². The number of carboxylic acids is 1. The second kappa shape index (κ2) is 6.79. The number of thiophene rings is 1. The van der Waals surface area contributed by atoms with Crippen LogP contribution in [0, 0.1) is 6.92 Å². The van der Waals surface area contributed by atoms with E-state index in [2.05, 4.69) is 30.8 Å². The van der Waals surface area contributed by atoms with Crippen molar-refractivity contribution < 1.29 is 9.90 Å². The highest BCUT2D eigenvalue weighted by Gasteiger charge is 2.28. The van der Waals surface area contributed by atoms with Crippen molar-refractivity contribution in [3.8, 4) is 0 Å². The van der Waals surface area contributed by atoms with Gasteiger partial charge in [-0.25, -0.2) is 4.79 Å². The van der Waals surface area contributed by atoms with Crippen LogP contribution in [0.15, 0.2) is 5.38 Å². The van der Waals surface area contributed by atoms with E-state index in [0.717, 1.165) is 17.1 Å². The number of nitrogens with zero attached hydrogens (tertiary/aromatic N) is 2. The largest absolute Gasteiger partial charge is 0.478 e. The molecule has 1 aliphatic carbocycles. The summed E-state index contributed by atoms with van der Waals surface area (Å²) in [6.45, 7) is 5.04. The van der Waals surface area contributed by atoms with E-state index in [1.54, 1.807) is 16.7 Å². The number of hydrogen-bond acceptors (Lipinski definition) is 4. The van der Waals surface area contributed by atoms with E-state index in [9.17, 15) is 9.90 Å². The zero-order valence-corrected chi connectivity index (χ0v) is 14.2. The van der Waals surface area contributed by atoms with Gasteiger partial charge in [-0.1, -0.05) is 0 Å². The van der Waals surface area contributed by atoms with Gasteiger partial charge in [0.05, 0.1) is 10.6 Å². The second-order valence-electron chi connectivity index (χ2n) is 6.10. The predicted molar refractivity (Wildman–Crippen MR) is 88.8 cm³/mol. The molecule has 0 saturated heterocycles. The first-order valence-electron chi connectivity index (χ1n) is 7.70. The van der Waals surface area contributed by atoms with Crippen LogP contribution in [-0.2, 0) is 0 Å². The summed E-state index contributed by atoms with van der Waals surface area (Å²) in [5.41, 5.74) is 1.37. The molecule has 118 valence electrons. The highest BCUT2D eigenvalue weighted by atomic mass is 32.1. The molecule has 0 amide bonds. The van der Waals surface area contributed by atoms with Gasteiger partial charge in [-0.15, -0.1) is 11.3 Å². The van der Waals surface area contributed by atoms with Gasteiger partial charge in [-0.05, 0) is 59.2 Å². The van der Waals surface area contributed by atoms with Crippen molar-refractivity contribution in [1.82, 2.24) is 4.90 Å². The van der Waals surface area contributed by atoms with E-state index in [0.29, 0.717) is 17.6 Å². The van der Waals surface area contributed by atoms with E-state index in [1.807, 2.05) is 6.92 Å². The Bertz CT molecular complexity index is 490. The molecule has 0 aliphatic heterocycles. The minimum atomic E-state index is -0.817. The molecule has 1 N–H and O–H groups in total. The molecule has 4 nitrogen and oxygen atoms in total. The number of rotatable bonds is 5. The first-order valence-corrected chi connectivity index (χ1v) is 8.58. The van der Waals surface area contributed by atoms with E-state index < -0.39 is 5.97 Å². The van der Waals surface area contributed by atoms with Gasteiger partial charge in [0.1, 0.15) is 0 Å². The summed E-state index contributed by atoms with van der Waals surface area (Å²) >= 11 is 1.57. The van der Waals surface area contributed by atoms with Crippen LogP contribution in [-0.4, -0.2) is 48.7 Å². The molecule has 1 aliphatic rings. The number of carboxylic acid groups (broad SMARTS) is 1. The first-order chi connectivity index (χ1) is 9.95. The standard InChI is InChI=1S/C16H26N2O2S/c1-5-18(13-8-6-12(7-9-13)17(3)4)15-11(2)14(10-21-15)16(19)20/h10,12-13H,5-9H2,1-4H3,(H,19,20)/t12-,13-. The first kappa shape index (κ1) is 16.3. The molecule has 0 atom stereocenters. The highest BCUT2D eigenvalue weighted by molar-refractivity contribution is 7.14. The van der Waals surface area contributed by atoms with Crippen LogP contribution in [0.3, 0.4) is 0 Å². The van der Waals surface area contributed by atoms with Crippen molar-refractivity contribution in [1.29, 1.82) is 0 Å². The molecule has 5 heteroatoms. The van der Waals surface area contributed by atoms with Gasteiger partial charge in [0.2, 0.25) is 0 Å². The van der Waals surface area contributed by atoms with Crippen molar-refractivity contribution in [3.05, 3.63) is 16.5 Å². The lowest BCUT2D eigenvalue weighted by atomic mass is 9.89. The summed E-state index contributed by atoms with van der Waals surface area (Å²) in [6, 6.07) is 1.24. The predicted octanol–water partition coefficient (Wildman–Crippen LogP) is 3.45. The molecule has 0 radical (unpaired) electrons. The smallest absolute Gasteiger partial charge is 0.336 e. The Morgan fingerprint density at radius 2 is 1.86 bits per heavy atom. The minimum absolute atomic E-state index is 0.454. The lowest BCUT2D eigenvalue weighted by Crippen LogP contribution is -2.42. The molecule has 1 saturated carbocycles. The van der Waals surface area contributed by atoms with E-state index in [4.69, 9.17) is 0 Å². The second-order valence-corrected chi connectivity index (χ2v) is 6.95. The molecular weight excluding hydrogens is 284 g/mol. The normalized spacial score (nSPS) is 22.5. The Morgan fingerprint density at radius 3 is 2.29 bits per heavy atom. The maximum atomic E-state index is 11.2. The Hall–Kier alpha value is -1.07. The topological polar surface area (TPSA) is 43.8 Å². The number of aromatic carboxylic acids is 1. The fourth-order valence-corrected chi connectivity index (χ4v) is 4.56. The molecule has 1 aromatic rings. The SMILES string of the molecule is CCN(c1scc(C(=O)O)c1C)[C@H]1CC[C@H](N(C)C)CC1. The molecular formula is C16H26N2O2S. The van der Waals surface area contributed by atoms with Crippen LogP contribution < -0.4 is 4.90 Å². The molecule has 0 bridgehead atoms. The zero-order valence-electron chi connectivity index (χ0n) is 13.4. The molecule has 2 rings (SSSR count). The van der Waals surface area contributed by atoms with Gasteiger partial charge in [-0.3, -0.25) is 0 Å². The van der Waals surface area contributed by atoms with Crippen LogP contribution in [0.5, 0.6) is 0 Å². The molecule has 0 aromatic carbocycles. The Labute approximate surface area is 131 Å². The van der Waals surface area contributed by atoms with E-state index in [1.165, 1.54) is 25.7 Å². The summed E-state index contributed by atoms with van der Waals surface area (Å²) in [5.74, 6) is -0.817. The molecule has 21 heavy (non-hydrogen) atoms. The lowest BCUT2D eigenvalue weighted by molar-refractivity contribution is 0.0696. The van der Waals surface area contributed by atoms with Crippen LogP contribution in [0.1, 0.15) is 48.5 Å². The van der Waals surface area contributed by atoms with Gasteiger partial charge < -0.3 is 14.9 Å². The zero-order chi connectivity index (χ0) is 15.6. The quantitative estimate of drug-likeness (QED) is 0.904. The number of carbonyl (C=O) groups is 1. The van der Waals surface area contributed by atoms with Crippen LogP contribution in [0.2, 0.25) is 0 Å². The Kier molecular flexibility index (Phi) is 5.27. The van der Waals surface area contributed by atoms with E-state index in [-0.39, 0.29) is 0 Å². The summed E-state index contributed by atoms with van der Waals surface area (Å²) in [5, 5.41) is 12.1. The molecule has 1 aromatic heterocycles. The molecule has 0 spiro atoms. The van der Waals surface area contributed by atoms with Crippen molar-refractivity contribution in [2.24, 2.45) is 0 Å². The summed E-state index contributed by atoms with van der Waals surface area (Å²) in [6.07, 6.45) is 4.83. The van der Waals surface area contributed by atoms with Gasteiger partial charge in [0.25, 0.3) is 0 Å². The number of anilines is 1. The van der Waals surface area contributed by atoms with E-state index >= 15 is 0 Å². The summed E-state index contributed by atoms with van der Waals surface area (Å²) in [7, 11) is 4.32. The molecule has 1 fully saturated rings. The maximum Gasteiger partial charge on any atom is 0.336 e. The van der Waals surface area contributed by atoms with Crippen molar-refractivity contribution in [2.75, 3.05) is 25.5 Å². The molecule has 0 unspecified atom stereocenters. The Balaban J connectivity index is 2.12. The monoisotopic (exact) mass is 310 g/mol. The van der Waals surface area contributed by atoms with Crippen LogP contribution in [0.25, 0.3) is 0 Å². The lowest BCUT2D eigenvalue weighted by Gasteiger charge is -2.39. The van der Waals surface area contributed by atoms with Gasteiger partial charge in [-0.2, -0.15) is 0 Å². The highest BCUT2D eigenvalue weighted by Crippen LogP contribution is 2.36. The van der Waals surface area contributed by atoms with Crippen LogP contribution >= 0.6 is 11.3 Å². The van der Waals surface area contributed by atoms with Crippen molar-refractivity contribution in [2.45, 2.75) is 51.6 Å². The summed E-state index contributed by atoms with van der Waals surface area (Å²) in [4.78, 5) is 16.0. The molecule has 1 heterocycles. The number of hydrogen-bond donors (Lipinski definition) is 1. The van der Waals surface area contributed by atoms with Gasteiger partial charge in [0.15, 0.2) is 0 Å². The third kappa shape index (κ3) is 3.40. The third-order valence-corrected chi connectivity index (χ3v) is 5.80. The third-order valence-electron chi connectivity index (χ3n) is 4.68.